The fourth-order valence-corrected chi connectivity index (χ4v) is 3.77. The van der Waals surface area contributed by atoms with Gasteiger partial charge in [-0.1, -0.05) is 12.1 Å². The van der Waals surface area contributed by atoms with Gasteiger partial charge in [0.15, 0.2) is 18.5 Å². The van der Waals surface area contributed by atoms with Gasteiger partial charge in [-0.25, -0.2) is 0 Å². The zero-order valence-corrected chi connectivity index (χ0v) is 16.5. The number of phenolic OH excluding ortho intramolecular Hbond substituents is 3. The molecule has 0 amide bonds. The third-order valence-electron chi connectivity index (χ3n) is 5.45. The summed E-state index contributed by atoms with van der Waals surface area (Å²) in [6.45, 7) is -0.690. The summed E-state index contributed by atoms with van der Waals surface area (Å²) in [7, 11) is 0. The van der Waals surface area contributed by atoms with Crippen LogP contribution < -0.4 is 4.74 Å². The van der Waals surface area contributed by atoms with Crippen molar-refractivity contribution >= 4 is 5.78 Å². The first kappa shape index (κ1) is 22.3. The average molecular weight is 450 g/mol. The number of hydrogen-bond donors (Lipinski definition) is 7. The number of aliphatic hydroxyl groups excluding tert-OH is 4. The lowest BCUT2D eigenvalue weighted by atomic mass is 9.92. The summed E-state index contributed by atoms with van der Waals surface area (Å²) >= 11 is 0. The lowest BCUT2D eigenvalue weighted by Crippen LogP contribution is -2.60. The maximum Gasteiger partial charge on any atom is 0.203 e. The Kier molecular flexibility index (Phi) is 5.95. The Bertz CT molecular complexity index is 990. The molecule has 0 aliphatic carbocycles. The van der Waals surface area contributed by atoms with Gasteiger partial charge in [-0.05, 0) is 17.7 Å². The van der Waals surface area contributed by atoms with Crippen LogP contribution in [0.3, 0.4) is 0 Å². The van der Waals surface area contributed by atoms with Crippen LogP contribution in [-0.4, -0.2) is 84.9 Å². The van der Waals surface area contributed by atoms with E-state index in [9.17, 15) is 40.5 Å². The minimum atomic E-state index is -1.77. The zero-order chi connectivity index (χ0) is 23.2. The van der Waals surface area contributed by atoms with Crippen LogP contribution in [0.1, 0.15) is 22.0 Å². The molecular weight excluding hydrogens is 428 g/mol. The van der Waals surface area contributed by atoms with Crippen LogP contribution in [0.4, 0.5) is 0 Å². The fourth-order valence-electron chi connectivity index (χ4n) is 3.77. The number of hydrogen-bond acceptors (Lipinski definition) is 11. The van der Waals surface area contributed by atoms with Crippen molar-refractivity contribution in [2.45, 2.75) is 42.9 Å². The minimum absolute atomic E-state index is 0.0435. The zero-order valence-electron chi connectivity index (χ0n) is 16.5. The fraction of sp³-hybridized carbons (Fsp3) is 0.381. The normalized spacial score (nSPS) is 32.2. The minimum Gasteiger partial charge on any atom is -0.508 e. The van der Waals surface area contributed by atoms with Gasteiger partial charge in [-0.3, -0.25) is 4.79 Å². The number of aromatic hydroxyl groups is 3. The van der Waals surface area contributed by atoms with Gasteiger partial charge in [-0.15, -0.1) is 0 Å². The maximum atomic E-state index is 13.3. The number of phenols is 3. The number of Topliss-reactive ketones (excluding diaryl/α,β-unsaturated/α-hetero) is 1. The highest BCUT2D eigenvalue weighted by molar-refractivity contribution is 6.05. The topological polar surface area (TPSA) is 186 Å². The lowest BCUT2D eigenvalue weighted by Gasteiger charge is -2.42. The molecule has 2 aromatic carbocycles. The van der Waals surface area contributed by atoms with Gasteiger partial charge in [0.25, 0.3) is 0 Å². The Morgan fingerprint density at radius 2 is 1.59 bits per heavy atom. The molecule has 0 saturated carbocycles. The Hall–Kier alpha value is -2.93. The summed E-state index contributed by atoms with van der Waals surface area (Å²) in [5.74, 6) is -1.82. The average Bonchev–Trinajstić information content (AvgIpc) is 2.75. The van der Waals surface area contributed by atoms with Crippen molar-refractivity contribution in [1.82, 2.24) is 0 Å². The SMILES string of the molecule is O=C1c2c(O)cc(O)cc2OC(c2ccc(O)cc2)C1OC1OC(CO)C(O)C(O)C1O. The number of benzene rings is 2. The second-order valence-corrected chi connectivity index (χ2v) is 7.59. The van der Waals surface area contributed by atoms with E-state index in [2.05, 4.69) is 0 Å². The van der Waals surface area contributed by atoms with E-state index in [-0.39, 0.29) is 22.8 Å². The molecule has 0 bridgehead atoms. The predicted octanol–water partition coefficient (Wildman–Crippen LogP) is -0.695. The van der Waals surface area contributed by atoms with Crippen molar-refractivity contribution in [3.05, 3.63) is 47.5 Å². The van der Waals surface area contributed by atoms with Crippen molar-refractivity contribution in [2.75, 3.05) is 6.61 Å². The van der Waals surface area contributed by atoms with Crippen molar-refractivity contribution < 1.29 is 54.8 Å². The molecule has 172 valence electrons. The number of ketones is 1. The maximum absolute atomic E-state index is 13.3. The molecule has 1 fully saturated rings. The summed E-state index contributed by atoms with van der Waals surface area (Å²) in [5.41, 5.74) is 0.103. The van der Waals surface area contributed by atoms with Crippen molar-refractivity contribution in [3.8, 4) is 23.0 Å². The van der Waals surface area contributed by atoms with Gasteiger partial charge in [0.1, 0.15) is 53.0 Å². The van der Waals surface area contributed by atoms with E-state index in [0.717, 1.165) is 12.1 Å². The molecule has 4 rings (SSSR count). The predicted molar refractivity (Wildman–Crippen MR) is 104 cm³/mol. The lowest BCUT2D eigenvalue weighted by molar-refractivity contribution is -0.311. The third kappa shape index (κ3) is 3.86. The van der Waals surface area contributed by atoms with Crippen LogP contribution in [0.15, 0.2) is 36.4 Å². The van der Waals surface area contributed by atoms with Crippen molar-refractivity contribution in [3.63, 3.8) is 0 Å². The molecule has 7 atom stereocenters. The standard InChI is InChI=1S/C21H22O11/c22-7-13-15(26)17(28)18(29)21(31-13)32-20-16(27)14-11(25)5-10(24)6-12(14)30-19(20)8-1-3-9(23)4-2-8/h1-6,13,15,17-26,28-29H,7H2. The third-order valence-corrected chi connectivity index (χ3v) is 5.45. The van der Waals surface area contributed by atoms with Crippen molar-refractivity contribution in [2.24, 2.45) is 0 Å². The van der Waals surface area contributed by atoms with Gasteiger partial charge in [0, 0.05) is 12.1 Å². The molecule has 2 aliphatic heterocycles. The summed E-state index contributed by atoms with van der Waals surface area (Å²) < 4.78 is 16.9. The number of aliphatic hydroxyl groups is 4. The highest BCUT2D eigenvalue weighted by Crippen LogP contribution is 2.43. The molecule has 32 heavy (non-hydrogen) atoms. The summed E-state index contributed by atoms with van der Waals surface area (Å²) in [6, 6.07) is 7.72. The number of carbonyl (C=O) groups is 1. The van der Waals surface area contributed by atoms with E-state index < -0.39 is 61.1 Å². The molecule has 2 heterocycles. The Balaban J connectivity index is 1.72. The smallest absolute Gasteiger partial charge is 0.203 e. The molecule has 0 radical (unpaired) electrons. The molecule has 0 aromatic heterocycles. The van der Waals surface area contributed by atoms with Crippen molar-refractivity contribution in [1.29, 1.82) is 0 Å². The number of ether oxygens (including phenoxy) is 3. The molecule has 2 aliphatic rings. The monoisotopic (exact) mass is 450 g/mol. The van der Waals surface area contributed by atoms with Crippen LogP contribution in [0.2, 0.25) is 0 Å². The molecule has 11 heteroatoms. The van der Waals surface area contributed by atoms with E-state index >= 15 is 0 Å². The summed E-state index contributed by atoms with van der Waals surface area (Å²) in [5, 5.41) is 69.2. The van der Waals surface area contributed by atoms with Crippen LogP contribution in [0.25, 0.3) is 0 Å². The molecule has 11 nitrogen and oxygen atoms in total. The Labute approximate surface area is 181 Å². The van der Waals surface area contributed by atoms with Gasteiger partial charge in [0.05, 0.1) is 6.61 Å². The van der Waals surface area contributed by atoms with E-state index in [1.165, 1.54) is 24.3 Å². The second-order valence-electron chi connectivity index (χ2n) is 7.59. The molecule has 7 unspecified atom stereocenters. The Morgan fingerprint density at radius 1 is 0.906 bits per heavy atom. The number of carbonyl (C=O) groups excluding carboxylic acids is 1. The van der Waals surface area contributed by atoms with Gasteiger partial charge < -0.3 is 50.0 Å². The van der Waals surface area contributed by atoms with E-state index in [4.69, 9.17) is 14.2 Å². The largest absolute Gasteiger partial charge is 0.508 e. The highest BCUT2D eigenvalue weighted by Gasteiger charge is 2.49. The van der Waals surface area contributed by atoms with E-state index in [0.29, 0.717) is 5.56 Å². The molecule has 0 spiro atoms. The summed E-state index contributed by atoms with van der Waals surface area (Å²) in [4.78, 5) is 13.3. The van der Waals surface area contributed by atoms with Gasteiger partial charge in [-0.2, -0.15) is 0 Å². The van der Waals surface area contributed by atoms with Crippen LogP contribution in [-0.2, 0) is 9.47 Å². The molecule has 7 N–H and O–H groups in total. The highest BCUT2D eigenvalue weighted by atomic mass is 16.7. The van der Waals surface area contributed by atoms with E-state index in [1.807, 2.05) is 0 Å². The first-order valence-corrected chi connectivity index (χ1v) is 9.73. The number of fused-ring (bicyclic) bond motifs is 1. The van der Waals surface area contributed by atoms with Crippen LogP contribution in [0, 0.1) is 0 Å². The molecule has 1 saturated heterocycles. The first-order valence-electron chi connectivity index (χ1n) is 9.73. The summed E-state index contributed by atoms with van der Waals surface area (Å²) in [6.07, 6.45) is -10.7. The van der Waals surface area contributed by atoms with Crippen LogP contribution in [0.5, 0.6) is 23.0 Å². The molecular formula is C21H22O11. The van der Waals surface area contributed by atoms with E-state index in [1.54, 1.807) is 0 Å². The molecule has 2 aromatic rings. The van der Waals surface area contributed by atoms with Crippen LogP contribution >= 0.6 is 0 Å². The second kappa shape index (κ2) is 8.54. The quantitative estimate of drug-likeness (QED) is 0.312. The van der Waals surface area contributed by atoms with Gasteiger partial charge >= 0.3 is 0 Å². The van der Waals surface area contributed by atoms with Gasteiger partial charge in [0.2, 0.25) is 5.78 Å². The Morgan fingerprint density at radius 3 is 2.25 bits per heavy atom. The first-order chi connectivity index (χ1) is 15.2. The number of rotatable bonds is 4.